The molecule has 3 rings (SSSR count). The van der Waals surface area contributed by atoms with E-state index in [1.54, 1.807) is 0 Å². The second-order valence-corrected chi connectivity index (χ2v) is 6.72. The molecule has 6 heteroatoms. The van der Waals surface area contributed by atoms with Crippen molar-refractivity contribution in [3.05, 3.63) is 18.6 Å². The summed E-state index contributed by atoms with van der Waals surface area (Å²) < 4.78 is 2.03. The van der Waals surface area contributed by atoms with Crippen LogP contribution in [0.1, 0.15) is 26.2 Å². The lowest BCUT2D eigenvalue weighted by atomic mass is 10.0. The van der Waals surface area contributed by atoms with Gasteiger partial charge < -0.3 is 15.0 Å². The Balaban J connectivity index is 1.73. The number of imidazole rings is 1. The third-order valence-corrected chi connectivity index (χ3v) is 4.88. The lowest BCUT2D eigenvalue weighted by Crippen LogP contribution is -2.20. The quantitative estimate of drug-likeness (QED) is 0.859. The van der Waals surface area contributed by atoms with E-state index in [9.17, 15) is 0 Å². The number of anilines is 2. The van der Waals surface area contributed by atoms with Gasteiger partial charge in [0.1, 0.15) is 5.82 Å². The molecule has 0 radical (unpaired) electrons. The van der Waals surface area contributed by atoms with Crippen molar-refractivity contribution < 1.29 is 0 Å². The maximum Gasteiger partial charge on any atom is 0.180 e. The van der Waals surface area contributed by atoms with Gasteiger partial charge in [-0.05, 0) is 36.7 Å². The number of aromatic nitrogens is 3. The van der Waals surface area contributed by atoms with Crippen LogP contribution in [0.4, 0.5) is 11.6 Å². The Labute approximate surface area is 129 Å². The van der Waals surface area contributed by atoms with E-state index in [1.165, 1.54) is 24.3 Å². The molecule has 21 heavy (non-hydrogen) atoms. The number of nitrogens with zero attached hydrogens (tertiary/aromatic N) is 3. The van der Waals surface area contributed by atoms with Crippen LogP contribution in [0.2, 0.25) is 0 Å². The lowest BCUT2D eigenvalue weighted by Gasteiger charge is -2.22. The van der Waals surface area contributed by atoms with Gasteiger partial charge in [0.05, 0.1) is 6.20 Å². The number of hydrogen-bond acceptors (Lipinski definition) is 5. The molecule has 1 fully saturated rings. The normalized spacial score (nSPS) is 16.2. The summed E-state index contributed by atoms with van der Waals surface area (Å²) in [5, 5.41) is 6.87. The van der Waals surface area contributed by atoms with Gasteiger partial charge in [0.25, 0.3) is 0 Å². The molecule has 1 aliphatic rings. The van der Waals surface area contributed by atoms with E-state index in [1.807, 2.05) is 23.0 Å². The second kappa shape index (κ2) is 7.02. The summed E-state index contributed by atoms with van der Waals surface area (Å²) >= 11 is 2.07. The van der Waals surface area contributed by atoms with Crippen LogP contribution in [0.5, 0.6) is 0 Å². The van der Waals surface area contributed by atoms with Gasteiger partial charge in [-0.1, -0.05) is 6.92 Å². The summed E-state index contributed by atoms with van der Waals surface area (Å²) in [5.41, 5.74) is 0.905. The highest BCUT2D eigenvalue weighted by molar-refractivity contribution is 7.99. The zero-order chi connectivity index (χ0) is 14.5. The van der Waals surface area contributed by atoms with Gasteiger partial charge in [0.2, 0.25) is 0 Å². The van der Waals surface area contributed by atoms with Gasteiger partial charge >= 0.3 is 0 Å². The SMILES string of the molecule is CCCNc1cn2ccnc2c(NCC2CCSCC2)n1. The highest BCUT2D eigenvalue weighted by Gasteiger charge is 2.15. The van der Waals surface area contributed by atoms with Crippen molar-refractivity contribution in [1.29, 1.82) is 0 Å². The number of fused-ring (bicyclic) bond motifs is 1. The Hall–Kier alpha value is -1.43. The molecule has 114 valence electrons. The van der Waals surface area contributed by atoms with Crippen LogP contribution in [0.25, 0.3) is 5.65 Å². The van der Waals surface area contributed by atoms with Crippen LogP contribution in [0.3, 0.4) is 0 Å². The topological polar surface area (TPSA) is 54.2 Å². The Morgan fingerprint density at radius 1 is 1.33 bits per heavy atom. The Morgan fingerprint density at radius 2 is 2.19 bits per heavy atom. The summed E-state index contributed by atoms with van der Waals surface area (Å²) in [6.45, 7) is 4.09. The zero-order valence-corrected chi connectivity index (χ0v) is 13.3. The molecule has 0 atom stereocenters. The fraction of sp³-hybridized carbons (Fsp3) is 0.600. The summed E-state index contributed by atoms with van der Waals surface area (Å²) in [4.78, 5) is 9.09. The second-order valence-electron chi connectivity index (χ2n) is 5.50. The van der Waals surface area contributed by atoms with Crippen LogP contribution in [0.15, 0.2) is 18.6 Å². The largest absolute Gasteiger partial charge is 0.369 e. The van der Waals surface area contributed by atoms with Crippen molar-refractivity contribution in [2.75, 3.05) is 35.2 Å². The zero-order valence-electron chi connectivity index (χ0n) is 12.5. The fourth-order valence-corrected chi connectivity index (χ4v) is 3.78. The van der Waals surface area contributed by atoms with E-state index in [0.29, 0.717) is 0 Å². The van der Waals surface area contributed by atoms with Crippen molar-refractivity contribution in [3.8, 4) is 0 Å². The first-order valence-electron chi connectivity index (χ1n) is 7.76. The molecule has 1 aliphatic heterocycles. The van der Waals surface area contributed by atoms with Crippen LogP contribution in [0, 0.1) is 5.92 Å². The molecule has 1 saturated heterocycles. The molecular weight excluding hydrogens is 282 g/mol. The van der Waals surface area contributed by atoms with Gasteiger partial charge in [-0.25, -0.2) is 9.97 Å². The summed E-state index contributed by atoms with van der Waals surface area (Å²) in [6, 6.07) is 0. The Bertz CT molecular complexity index is 576. The van der Waals surface area contributed by atoms with Gasteiger partial charge in [-0.2, -0.15) is 11.8 Å². The highest BCUT2D eigenvalue weighted by Crippen LogP contribution is 2.24. The molecule has 0 bridgehead atoms. The van der Waals surface area contributed by atoms with Crippen molar-refractivity contribution in [2.24, 2.45) is 5.92 Å². The number of hydrogen-bond donors (Lipinski definition) is 2. The first-order chi connectivity index (χ1) is 10.4. The minimum absolute atomic E-state index is 0.760. The summed E-state index contributed by atoms with van der Waals surface area (Å²) in [6.07, 6.45) is 9.48. The fourth-order valence-electron chi connectivity index (χ4n) is 2.58. The molecule has 0 aromatic carbocycles. The van der Waals surface area contributed by atoms with E-state index in [2.05, 4.69) is 39.3 Å². The van der Waals surface area contributed by atoms with E-state index in [0.717, 1.165) is 42.7 Å². The maximum absolute atomic E-state index is 4.68. The predicted octanol–water partition coefficient (Wildman–Crippen LogP) is 3.11. The molecule has 0 amide bonds. The van der Waals surface area contributed by atoms with E-state index in [4.69, 9.17) is 0 Å². The molecule has 5 nitrogen and oxygen atoms in total. The van der Waals surface area contributed by atoms with Crippen LogP contribution in [-0.4, -0.2) is 39.0 Å². The molecule has 0 saturated carbocycles. The lowest BCUT2D eigenvalue weighted by molar-refractivity contribution is 0.515. The van der Waals surface area contributed by atoms with Crippen molar-refractivity contribution in [3.63, 3.8) is 0 Å². The molecular formula is C15H23N5S. The molecule has 3 heterocycles. The molecule has 2 N–H and O–H groups in total. The van der Waals surface area contributed by atoms with Crippen LogP contribution >= 0.6 is 11.8 Å². The standard InChI is InChI=1S/C15H23N5S/c1-2-5-16-13-11-20-7-6-17-15(20)14(19-13)18-10-12-3-8-21-9-4-12/h6-7,11-12,16H,2-5,8-10H2,1H3,(H,18,19). The average Bonchev–Trinajstić information content (AvgIpc) is 3.00. The van der Waals surface area contributed by atoms with Gasteiger partial charge in [0.15, 0.2) is 11.5 Å². The Kier molecular flexibility index (Phi) is 4.85. The number of thioether (sulfide) groups is 1. The van der Waals surface area contributed by atoms with Crippen molar-refractivity contribution in [2.45, 2.75) is 26.2 Å². The van der Waals surface area contributed by atoms with Gasteiger partial charge in [0, 0.05) is 25.5 Å². The van der Waals surface area contributed by atoms with Crippen molar-refractivity contribution >= 4 is 29.0 Å². The third-order valence-electron chi connectivity index (χ3n) is 3.83. The average molecular weight is 305 g/mol. The Morgan fingerprint density at radius 3 is 3.00 bits per heavy atom. The number of nitrogens with one attached hydrogen (secondary N) is 2. The molecule has 0 aliphatic carbocycles. The molecule has 2 aromatic rings. The van der Waals surface area contributed by atoms with Gasteiger partial charge in [-0.3, -0.25) is 0 Å². The predicted molar refractivity (Wildman–Crippen MR) is 90.3 cm³/mol. The smallest absolute Gasteiger partial charge is 0.180 e. The van der Waals surface area contributed by atoms with E-state index in [-0.39, 0.29) is 0 Å². The highest BCUT2D eigenvalue weighted by atomic mass is 32.2. The maximum atomic E-state index is 4.68. The summed E-state index contributed by atoms with van der Waals surface area (Å²) in [7, 11) is 0. The first kappa shape index (κ1) is 14.5. The van der Waals surface area contributed by atoms with Crippen LogP contribution in [-0.2, 0) is 0 Å². The monoisotopic (exact) mass is 305 g/mol. The van der Waals surface area contributed by atoms with Crippen LogP contribution < -0.4 is 10.6 Å². The van der Waals surface area contributed by atoms with Crippen molar-refractivity contribution in [1.82, 2.24) is 14.4 Å². The molecule has 2 aromatic heterocycles. The van der Waals surface area contributed by atoms with Gasteiger partial charge in [-0.15, -0.1) is 0 Å². The minimum atomic E-state index is 0.760. The minimum Gasteiger partial charge on any atom is -0.369 e. The number of rotatable bonds is 6. The van der Waals surface area contributed by atoms with E-state index < -0.39 is 0 Å². The summed E-state index contributed by atoms with van der Waals surface area (Å²) in [5.74, 6) is 5.13. The molecule has 0 unspecified atom stereocenters. The third kappa shape index (κ3) is 3.61. The molecule has 0 spiro atoms. The van der Waals surface area contributed by atoms with E-state index >= 15 is 0 Å². The first-order valence-corrected chi connectivity index (χ1v) is 8.91.